The number of hydrogen-bond donors (Lipinski definition) is 2. The Morgan fingerprint density at radius 2 is 1.92 bits per heavy atom. The summed E-state index contributed by atoms with van der Waals surface area (Å²) in [6, 6.07) is 7.06. The highest BCUT2D eigenvalue weighted by atomic mass is 19.4. The van der Waals surface area contributed by atoms with Crippen molar-refractivity contribution in [3.8, 4) is 5.69 Å². The molecule has 5 nitrogen and oxygen atoms in total. The molecule has 2 aromatic rings. The van der Waals surface area contributed by atoms with Crippen molar-refractivity contribution >= 4 is 11.6 Å². The Hall–Kier alpha value is -2.35. The first-order chi connectivity index (χ1) is 11.3. The van der Waals surface area contributed by atoms with Gasteiger partial charge in [0.1, 0.15) is 5.69 Å². The number of benzene rings is 1. The van der Waals surface area contributed by atoms with Gasteiger partial charge < -0.3 is 11.1 Å². The quantitative estimate of drug-likeness (QED) is 0.904. The van der Waals surface area contributed by atoms with Crippen LogP contribution in [0.4, 0.5) is 18.9 Å². The normalized spacial score (nSPS) is 21.0. The number of nitrogens with one attached hydrogen (secondary N) is 1. The van der Waals surface area contributed by atoms with Crippen molar-refractivity contribution in [2.75, 3.05) is 5.32 Å². The van der Waals surface area contributed by atoms with E-state index in [1.807, 2.05) is 0 Å². The van der Waals surface area contributed by atoms with Gasteiger partial charge in [-0.1, -0.05) is 0 Å². The van der Waals surface area contributed by atoms with Gasteiger partial charge >= 0.3 is 6.18 Å². The van der Waals surface area contributed by atoms with Crippen LogP contribution in [-0.4, -0.2) is 21.7 Å². The first-order valence-electron chi connectivity index (χ1n) is 7.62. The summed E-state index contributed by atoms with van der Waals surface area (Å²) in [5.74, 6) is -0.214. The molecule has 128 valence electrons. The summed E-state index contributed by atoms with van der Waals surface area (Å²) in [7, 11) is 0. The maximum absolute atomic E-state index is 12.9. The van der Waals surface area contributed by atoms with Crippen molar-refractivity contribution < 1.29 is 18.0 Å². The maximum Gasteiger partial charge on any atom is 0.433 e. The second-order valence-electron chi connectivity index (χ2n) is 5.93. The predicted octanol–water partition coefficient (Wildman–Crippen LogP) is 2.96. The van der Waals surface area contributed by atoms with E-state index in [4.69, 9.17) is 5.73 Å². The molecule has 1 aliphatic carbocycles. The smallest absolute Gasteiger partial charge is 0.328 e. The van der Waals surface area contributed by atoms with E-state index >= 15 is 0 Å². The van der Waals surface area contributed by atoms with E-state index in [1.54, 1.807) is 12.1 Å². The molecule has 1 fully saturated rings. The van der Waals surface area contributed by atoms with E-state index in [0.29, 0.717) is 12.1 Å². The van der Waals surface area contributed by atoms with Crippen LogP contribution in [0.2, 0.25) is 0 Å². The summed E-state index contributed by atoms with van der Waals surface area (Å²) in [6.45, 7) is 0. The molecular formula is C16H17F3N4O. The summed E-state index contributed by atoms with van der Waals surface area (Å²) in [4.78, 5) is 12.1. The topological polar surface area (TPSA) is 72.9 Å². The molecule has 0 aliphatic heterocycles. The molecule has 0 bridgehead atoms. The number of rotatable bonds is 3. The lowest BCUT2D eigenvalue weighted by molar-refractivity contribution is -0.142. The largest absolute Gasteiger partial charge is 0.433 e. The minimum Gasteiger partial charge on any atom is -0.328 e. The number of amides is 1. The van der Waals surface area contributed by atoms with Crippen LogP contribution in [0.15, 0.2) is 36.5 Å². The highest BCUT2D eigenvalue weighted by Crippen LogP contribution is 2.31. The number of carbonyl (C=O) groups excluding carboxylic acids is 1. The third-order valence-corrected chi connectivity index (χ3v) is 4.16. The number of aromatic nitrogens is 2. The number of alkyl halides is 3. The molecule has 3 N–H and O–H groups in total. The van der Waals surface area contributed by atoms with Crippen LogP contribution < -0.4 is 11.1 Å². The molecule has 0 saturated heterocycles. The van der Waals surface area contributed by atoms with Gasteiger partial charge in [-0.15, -0.1) is 0 Å². The van der Waals surface area contributed by atoms with Crippen LogP contribution >= 0.6 is 0 Å². The number of nitrogens with zero attached hydrogens (tertiary/aromatic N) is 2. The van der Waals surface area contributed by atoms with E-state index < -0.39 is 11.9 Å². The Bertz CT molecular complexity index is 724. The van der Waals surface area contributed by atoms with Gasteiger partial charge in [-0.3, -0.25) is 4.79 Å². The van der Waals surface area contributed by atoms with Crippen LogP contribution in [0.25, 0.3) is 5.69 Å². The van der Waals surface area contributed by atoms with Crippen molar-refractivity contribution in [2.45, 2.75) is 31.5 Å². The van der Waals surface area contributed by atoms with Gasteiger partial charge in [0.2, 0.25) is 5.91 Å². The fraction of sp³-hybridized carbons (Fsp3) is 0.375. The monoisotopic (exact) mass is 338 g/mol. The van der Waals surface area contributed by atoms with Crippen molar-refractivity contribution in [2.24, 2.45) is 11.7 Å². The fourth-order valence-corrected chi connectivity index (χ4v) is 2.91. The number of anilines is 1. The number of carbonyl (C=O) groups is 1. The van der Waals surface area contributed by atoms with E-state index in [9.17, 15) is 18.0 Å². The van der Waals surface area contributed by atoms with Gasteiger partial charge in [-0.25, -0.2) is 4.68 Å². The van der Waals surface area contributed by atoms with E-state index in [0.717, 1.165) is 29.8 Å². The molecule has 0 radical (unpaired) electrons. The number of nitrogens with two attached hydrogens (primary N) is 1. The lowest BCUT2D eigenvalue weighted by Crippen LogP contribution is -2.23. The Kier molecular flexibility index (Phi) is 4.31. The van der Waals surface area contributed by atoms with Gasteiger partial charge in [-0.2, -0.15) is 18.3 Å². The van der Waals surface area contributed by atoms with Crippen LogP contribution in [0.5, 0.6) is 0 Å². The lowest BCUT2D eigenvalue weighted by Gasteiger charge is -2.13. The fourth-order valence-electron chi connectivity index (χ4n) is 2.91. The molecule has 1 aromatic heterocycles. The molecule has 1 heterocycles. The molecule has 24 heavy (non-hydrogen) atoms. The first kappa shape index (κ1) is 16.5. The second kappa shape index (κ2) is 6.27. The summed E-state index contributed by atoms with van der Waals surface area (Å²) >= 11 is 0. The highest BCUT2D eigenvalue weighted by Gasteiger charge is 2.35. The van der Waals surface area contributed by atoms with Crippen LogP contribution in [0, 0.1) is 5.92 Å². The highest BCUT2D eigenvalue weighted by molar-refractivity contribution is 5.92. The SMILES string of the molecule is NC1CCC(C(=O)Nc2ccc(-n3nccc3C(F)(F)F)cc2)C1. The molecule has 8 heteroatoms. The average Bonchev–Trinajstić information content (AvgIpc) is 3.16. The van der Waals surface area contributed by atoms with Gasteiger partial charge in [0, 0.05) is 17.6 Å². The molecule has 2 atom stereocenters. The zero-order chi connectivity index (χ0) is 17.3. The zero-order valence-electron chi connectivity index (χ0n) is 12.8. The van der Waals surface area contributed by atoms with Crippen LogP contribution in [-0.2, 0) is 11.0 Å². The predicted molar refractivity (Wildman–Crippen MR) is 82.5 cm³/mol. The van der Waals surface area contributed by atoms with Gasteiger partial charge in [0.05, 0.1) is 11.9 Å². The van der Waals surface area contributed by atoms with Crippen LogP contribution in [0.3, 0.4) is 0 Å². The van der Waals surface area contributed by atoms with E-state index in [2.05, 4.69) is 10.4 Å². The summed E-state index contributed by atoms with van der Waals surface area (Å²) in [6.07, 6.45) is -1.14. The first-order valence-corrected chi connectivity index (χ1v) is 7.62. The Morgan fingerprint density at radius 1 is 1.21 bits per heavy atom. The molecule has 1 saturated carbocycles. The molecule has 1 aliphatic rings. The molecule has 3 rings (SSSR count). The summed E-state index contributed by atoms with van der Waals surface area (Å²) in [5.41, 5.74) is 5.75. The van der Waals surface area contributed by atoms with Crippen molar-refractivity contribution in [3.05, 3.63) is 42.2 Å². The lowest BCUT2D eigenvalue weighted by atomic mass is 10.1. The molecule has 2 unspecified atom stereocenters. The molecule has 1 aromatic carbocycles. The van der Waals surface area contributed by atoms with Crippen molar-refractivity contribution in [1.82, 2.24) is 9.78 Å². The number of hydrogen-bond acceptors (Lipinski definition) is 3. The van der Waals surface area contributed by atoms with Crippen LogP contribution in [0.1, 0.15) is 25.0 Å². The third kappa shape index (κ3) is 3.43. The summed E-state index contributed by atoms with van der Waals surface area (Å²) in [5, 5.41) is 6.49. The Labute approximate surface area is 136 Å². The Balaban J connectivity index is 1.72. The van der Waals surface area contributed by atoms with Gasteiger partial charge in [0.15, 0.2) is 0 Å². The van der Waals surface area contributed by atoms with Crippen molar-refractivity contribution in [3.63, 3.8) is 0 Å². The van der Waals surface area contributed by atoms with Crippen molar-refractivity contribution in [1.29, 1.82) is 0 Å². The minimum atomic E-state index is -4.48. The third-order valence-electron chi connectivity index (χ3n) is 4.16. The molecule has 0 spiro atoms. The standard InChI is InChI=1S/C16H17F3N4O/c17-16(18,19)14-7-8-21-23(14)13-5-3-12(4-6-13)22-15(24)10-1-2-11(20)9-10/h3-8,10-11H,1-2,9,20H2,(H,22,24). The Morgan fingerprint density at radius 3 is 2.50 bits per heavy atom. The van der Waals surface area contributed by atoms with Gasteiger partial charge in [-0.05, 0) is 49.6 Å². The van der Waals surface area contributed by atoms with E-state index in [1.165, 1.54) is 12.1 Å². The minimum absolute atomic E-state index is 0.0590. The average molecular weight is 338 g/mol. The molecule has 1 amide bonds. The van der Waals surface area contributed by atoms with Gasteiger partial charge in [0.25, 0.3) is 0 Å². The second-order valence-corrected chi connectivity index (χ2v) is 5.93. The summed E-state index contributed by atoms with van der Waals surface area (Å²) < 4.78 is 39.5. The van der Waals surface area contributed by atoms with E-state index in [-0.39, 0.29) is 23.6 Å². The number of halogens is 3. The molecular weight excluding hydrogens is 321 g/mol. The maximum atomic E-state index is 12.9. The zero-order valence-corrected chi connectivity index (χ0v) is 12.8.